The van der Waals surface area contributed by atoms with E-state index in [1.54, 1.807) is 0 Å². The minimum Gasteiger partial charge on any atom is -0.493 e. The minimum atomic E-state index is -0.405. The van der Waals surface area contributed by atoms with Crippen LogP contribution in [0.5, 0.6) is 5.75 Å². The highest BCUT2D eigenvalue weighted by atomic mass is 16.5. The Kier molecular flexibility index (Phi) is 6.89. The van der Waals surface area contributed by atoms with Gasteiger partial charge in [-0.05, 0) is 57.9 Å². The van der Waals surface area contributed by atoms with E-state index in [9.17, 15) is 9.59 Å². The van der Waals surface area contributed by atoms with Crippen molar-refractivity contribution in [2.45, 2.75) is 83.7 Å². The molecule has 31 heavy (non-hydrogen) atoms. The van der Waals surface area contributed by atoms with Gasteiger partial charge in [-0.15, -0.1) is 0 Å². The van der Waals surface area contributed by atoms with Gasteiger partial charge < -0.3 is 9.47 Å². The lowest BCUT2D eigenvalue weighted by molar-refractivity contribution is -0.146. The number of nitrogens with zero attached hydrogens (tertiary/aromatic N) is 1. The van der Waals surface area contributed by atoms with Gasteiger partial charge in [0.25, 0.3) is 0 Å². The summed E-state index contributed by atoms with van der Waals surface area (Å²) in [5.41, 5.74) is 3.00. The number of ketones is 1. The number of aliphatic imine (C=N–C) groups is 1. The zero-order chi connectivity index (χ0) is 21.8. The number of carbonyl (C=O) groups excluding carboxylic acids is 2. The molecule has 2 fully saturated rings. The minimum absolute atomic E-state index is 0.0405. The molecule has 2 saturated carbocycles. The van der Waals surface area contributed by atoms with Gasteiger partial charge in [-0.3, -0.25) is 9.79 Å². The quantitative estimate of drug-likeness (QED) is 0.564. The van der Waals surface area contributed by atoms with E-state index in [-0.39, 0.29) is 17.9 Å². The Morgan fingerprint density at radius 1 is 1.06 bits per heavy atom. The number of hydrogen-bond donors (Lipinski definition) is 0. The second kappa shape index (κ2) is 9.80. The average molecular weight is 424 g/mol. The van der Waals surface area contributed by atoms with E-state index >= 15 is 0 Å². The molecule has 1 aromatic carbocycles. The molecule has 2 atom stereocenters. The second-order valence-corrected chi connectivity index (χ2v) is 8.93. The number of esters is 1. The Bertz CT molecular complexity index is 894. The topological polar surface area (TPSA) is 65.0 Å². The average Bonchev–Trinajstić information content (AvgIpc) is 2.77. The monoisotopic (exact) mass is 423 g/mol. The largest absolute Gasteiger partial charge is 0.493 e. The van der Waals surface area contributed by atoms with Crippen molar-refractivity contribution in [2.75, 3.05) is 6.61 Å². The Morgan fingerprint density at radius 2 is 1.84 bits per heavy atom. The number of ether oxygens (including phenoxy) is 2. The fraction of sp³-hybridized carbons (Fsp3) is 0.577. The van der Waals surface area contributed by atoms with E-state index in [1.165, 1.54) is 6.42 Å². The lowest BCUT2D eigenvalue weighted by atomic mass is 9.69. The van der Waals surface area contributed by atoms with Gasteiger partial charge in [-0.25, -0.2) is 4.79 Å². The van der Waals surface area contributed by atoms with Crippen LogP contribution >= 0.6 is 0 Å². The van der Waals surface area contributed by atoms with Crippen LogP contribution in [0.3, 0.4) is 0 Å². The third-order valence-corrected chi connectivity index (χ3v) is 6.67. The van der Waals surface area contributed by atoms with Crippen LogP contribution in [0.1, 0.15) is 83.1 Å². The molecule has 5 heteroatoms. The maximum absolute atomic E-state index is 13.5. The van der Waals surface area contributed by atoms with Gasteiger partial charge >= 0.3 is 5.97 Å². The SMILES string of the molecule is CCCOc1ccccc1[C@H]1C(C(=O)OC2CCCCC2)=C(C)N=C2CCCC(=O)C21. The van der Waals surface area contributed by atoms with Crippen LogP contribution in [0.4, 0.5) is 0 Å². The van der Waals surface area contributed by atoms with Crippen molar-refractivity contribution in [1.29, 1.82) is 0 Å². The predicted octanol–water partition coefficient (Wildman–Crippen LogP) is 5.53. The Morgan fingerprint density at radius 3 is 2.61 bits per heavy atom. The van der Waals surface area contributed by atoms with Gasteiger partial charge in [0.15, 0.2) is 0 Å². The molecule has 0 saturated heterocycles. The number of fused-ring (bicyclic) bond motifs is 1. The number of allylic oxidation sites excluding steroid dienone is 1. The smallest absolute Gasteiger partial charge is 0.336 e. The van der Waals surface area contributed by atoms with E-state index in [1.807, 2.05) is 31.2 Å². The highest BCUT2D eigenvalue weighted by Crippen LogP contribution is 2.46. The Hall–Kier alpha value is -2.43. The van der Waals surface area contributed by atoms with Crippen molar-refractivity contribution >= 4 is 17.5 Å². The maximum atomic E-state index is 13.5. The number of hydrogen-bond acceptors (Lipinski definition) is 5. The number of carbonyl (C=O) groups is 2. The first kappa shape index (κ1) is 21.8. The molecule has 166 valence electrons. The van der Waals surface area contributed by atoms with Gasteiger partial charge in [-0.2, -0.15) is 0 Å². The van der Waals surface area contributed by atoms with Gasteiger partial charge in [0.05, 0.1) is 18.1 Å². The van der Waals surface area contributed by atoms with Crippen LogP contribution in [0.25, 0.3) is 0 Å². The first-order chi connectivity index (χ1) is 15.1. The van der Waals surface area contributed by atoms with Crippen LogP contribution in [0, 0.1) is 5.92 Å². The van der Waals surface area contributed by atoms with Gasteiger partial charge in [0.1, 0.15) is 17.6 Å². The van der Waals surface area contributed by atoms with Gasteiger partial charge in [-0.1, -0.05) is 31.5 Å². The van der Waals surface area contributed by atoms with E-state index in [0.717, 1.165) is 62.0 Å². The van der Waals surface area contributed by atoms with Gasteiger partial charge in [0, 0.05) is 29.3 Å². The summed E-state index contributed by atoms with van der Waals surface area (Å²) in [6, 6.07) is 7.81. The molecule has 1 aliphatic heterocycles. The standard InChI is InChI=1S/C26H33NO4/c1-3-16-30-22-15-8-7-12-19(22)24-23(26(29)31-18-10-5-4-6-11-18)17(2)27-20-13-9-14-21(28)25(20)24/h7-8,12,15,18,24-25H,3-6,9-11,13-14,16H2,1-2H3/t24-,25?/m0/s1. The van der Waals surface area contributed by atoms with Crippen molar-refractivity contribution in [3.05, 3.63) is 41.1 Å². The zero-order valence-corrected chi connectivity index (χ0v) is 18.7. The first-order valence-electron chi connectivity index (χ1n) is 11.8. The molecule has 2 aliphatic carbocycles. The summed E-state index contributed by atoms with van der Waals surface area (Å²) in [4.78, 5) is 31.3. The van der Waals surface area contributed by atoms with Crippen LogP contribution in [0.2, 0.25) is 0 Å². The normalized spacial score (nSPS) is 24.5. The Balaban J connectivity index is 1.75. The summed E-state index contributed by atoms with van der Waals surface area (Å²) in [6.07, 6.45) is 8.21. The van der Waals surface area contributed by atoms with Crippen molar-refractivity contribution in [1.82, 2.24) is 0 Å². The molecule has 0 radical (unpaired) electrons. The number of Topliss-reactive ketones (excluding diaryl/α,β-unsaturated/α-hetero) is 1. The number of rotatable bonds is 6. The maximum Gasteiger partial charge on any atom is 0.336 e. The molecule has 5 nitrogen and oxygen atoms in total. The lowest BCUT2D eigenvalue weighted by Gasteiger charge is -2.36. The third kappa shape index (κ3) is 4.60. The van der Waals surface area contributed by atoms with E-state index < -0.39 is 11.8 Å². The van der Waals surface area contributed by atoms with Crippen LogP contribution in [-0.2, 0) is 14.3 Å². The van der Waals surface area contributed by atoms with Crippen molar-refractivity contribution in [3.8, 4) is 5.75 Å². The third-order valence-electron chi connectivity index (χ3n) is 6.67. The van der Waals surface area contributed by atoms with Crippen molar-refractivity contribution in [3.63, 3.8) is 0 Å². The fourth-order valence-corrected chi connectivity index (χ4v) is 5.20. The van der Waals surface area contributed by atoms with Crippen LogP contribution in [-0.4, -0.2) is 30.2 Å². The van der Waals surface area contributed by atoms with E-state index in [0.29, 0.717) is 24.3 Å². The molecule has 1 unspecified atom stereocenters. The molecular weight excluding hydrogens is 390 g/mol. The molecule has 1 aromatic rings. The summed E-state index contributed by atoms with van der Waals surface area (Å²) in [6.45, 7) is 4.53. The van der Waals surface area contributed by atoms with Crippen molar-refractivity contribution < 1.29 is 19.1 Å². The van der Waals surface area contributed by atoms with Crippen LogP contribution in [0.15, 0.2) is 40.5 Å². The molecule has 0 amide bonds. The predicted molar refractivity (Wildman–Crippen MR) is 120 cm³/mol. The summed E-state index contributed by atoms with van der Waals surface area (Å²) in [7, 11) is 0. The molecule has 0 spiro atoms. The van der Waals surface area contributed by atoms with Crippen LogP contribution < -0.4 is 4.74 Å². The van der Waals surface area contributed by atoms with Crippen molar-refractivity contribution in [2.24, 2.45) is 10.9 Å². The zero-order valence-electron chi connectivity index (χ0n) is 18.7. The summed E-state index contributed by atoms with van der Waals surface area (Å²) in [5, 5.41) is 0. The number of benzene rings is 1. The number of para-hydroxylation sites is 1. The summed E-state index contributed by atoms with van der Waals surface area (Å²) >= 11 is 0. The highest BCUT2D eigenvalue weighted by molar-refractivity contribution is 6.11. The molecule has 0 aromatic heterocycles. The second-order valence-electron chi connectivity index (χ2n) is 8.93. The van der Waals surface area contributed by atoms with Gasteiger partial charge in [0.2, 0.25) is 0 Å². The highest BCUT2D eigenvalue weighted by Gasteiger charge is 2.45. The summed E-state index contributed by atoms with van der Waals surface area (Å²) in [5.74, 6) is -0.219. The summed E-state index contributed by atoms with van der Waals surface area (Å²) < 4.78 is 12.0. The lowest BCUT2D eigenvalue weighted by Crippen LogP contribution is -2.39. The molecule has 0 bridgehead atoms. The molecule has 1 heterocycles. The Labute approximate surface area is 184 Å². The van der Waals surface area contributed by atoms with E-state index in [4.69, 9.17) is 14.5 Å². The molecule has 0 N–H and O–H groups in total. The van der Waals surface area contributed by atoms with E-state index in [2.05, 4.69) is 6.92 Å². The first-order valence-corrected chi connectivity index (χ1v) is 11.8. The molecule has 4 rings (SSSR count). The molecular formula is C26H33NO4. The fourth-order valence-electron chi connectivity index (χ4n) is 5.20. The molecule has 3 aliphatic rings.